The fourth-order valence-electron chi connectivity index (χ4n) is 2.00. The third-order valence-corrected chi connectivity index (χ3v) is 3.23. The predicted octanol–water partition coefficient (Wildman–Crippen LogP) is 2.72. The highest BCUT2D eigenvalue weighted by molar-refractivity contribution is 6.03. The summed E-state index contributed by atoms with van der Waals surface area (Å²) in [5.41, 5.74) is 3.42. The third-order valence-electron chi connectivity index (χ3n) is 3.23. The maximum atomic E-state index is 4.91. The Morgan fingerprint density at radius 3 is 2.62 bits per heavy atom. The van der Waals surface area contributed by atoms with Crippen LogP contribution in [0.15, 0.2) is 23.5 Å². The van der Waals surface area contributed by atoms with Crippen molar-refractivity contribution in [1.29, 1.82) is 0 Å². The van der Waals surface area contributed by atoms with Gasteiger partial charge in [0.2, 0.25) is 0 Å². The van der Waals surface area contributed by atoms with Gasteiger partial charge in [-0.3, -0.25) is 4.98 Å². The van der Waals surface area contributed by atoms with Crippen LogP contribution in [-0.2, 0) is 4.84 Å². The van der Waals surface area contributed by atoms with Crippen LogP contribution in [0, 0.1) is 5.92 Å². The molecule has 0 unspecified atom stereocenters. The van der Waals surface area contributed by atoms with Gasteiger partial charge < -0.3 is 4.84 Å². The topological polar surface area (TPSA) is 34.5 Å². The van der Waals surface area contributed by atoms with Crippen LogP contribution < -0.4 is 0 Å². The first-order valence-corrected chi connectivity index (χ1v) is 5.96. The van der Waals surface area contributed by atoms with Crippen LogP contribution in [0.5, 0.6) is 0 Å². The normalized spacial score (nSPS) is 20.9. The zero-order valence-corrected chi connectivity index (χ0v) is 9.52. The molecule has 0 saturated heterocycles. The van der Waals surface area contributed by atoms with Crippen molar-refractivity contribution >= 4 is 5.71 Å². The summed E-state index contributed by atoms with van der Waals surface area (Å²) in [4.78, 5) is 9.43. The maximum Gasteiger partial charge on any atom is 0.106 e. The number of aromatic nitrogens is 1. The van der Waals surface area contributed by atoms with Crippen LogP contribution in [0.4, 0.5) is 0 Å². The van der Waals surface area contributed by atoms with Crippen molar-refractivity contribution in [2.75, 3.05) is 7.11 Å². The lowest BCUT2D eigenvalue weighted by Gasteiger charge is -2.04. The molecule has 3 rings (SSSR count). The van der Waals surface area contributed by atoms with Crippen LogP contribution in [0.3, 0.4) is 0 Å². The van der Waals surface area contributed by atoms with E-state index in [1.165, 1.54) is 31.4 Å². The van der Waals surface area contributed by atoms with Gasteiger partial charge in [0, 0.05) is 29.3 Å². The number of hydrogen-bond acceptors (Lipinski definition) is 3. The van der Waals surface area contributed by atoms with Gasteiger partial charge in [-0.2, -0.15) is 0 Å². The number of hydrogen-bond donors (Lipinski definition) is 0. The van der Waals surface area contributed by atoms with Crippen LogP contribution in [-0.4, -0.2) is 17.8 Å². The number of nitrogens with zero attached hydrogens (tertiary/aromatic N) is 2. The SMILES string of the molecule is CO/N=C(/c1ccc(C2CC2)nc1)C1CC1. The number of oxime groups is 1. The van der Waals surface area contributed by atoms with Gasteiger partial charge >= 0.3 is 0 Å². The summed E-state index contributed by atoms with van der Waals surface area (Å²) in [6.07, 6.45) is 7.00. The molecule has 0 bridgehead atoms. The summed E-state index contributed by atoms with van der Waals surface area (Å²) in [5, 5.41) is 4.12. The van der Waals surface area contributed by atoms with Gasteiger partial charge in [0.1, 0.15) is 7.11 Å². The Kier molecular flexibility index (Phi) is 2.39. The Balaban J connectivity index is 1.83. The van der Waals surface area contributed by atoms with E-state index in [1.807, 2.05) is 6.20 Å². The van der Waals surface area contributed by atoms with E-state index in [0.717, 1.165) is 17.2 Å². The van der Waals surface area contributed by atoms with E-state index in [9.17, 15) is 0 Å². The van der Waals surface area contributed by atoms with Crippen molar-refractivity contribution in [3.8, 4) is 0 Å². The zero-order chi connectivity index (χ0) is 11.0. The number of rotatable bonds is 4. The Morgan fingerprint density at radius 2 is 2.12 bits per heavy atom. The van der Waals surface area contributed by atoms with E-state index in [-0.39, 0.29) is 0 Å². The summed E-state index contributed by atoms with van der Waals surface area (Å²) in [6, 6.07) is 4.28. The van der Waals surface area contributed by atoms with E-state index in [1.54, 1.807) is 7.11 Å². The van der Waals surface area contributed by atoms with E-state index >= 15 is 0 Å². The maximum absolute atomic E-state index is 4.91. The molecule has 1 aromatic heterocycles. The molecule has 0 aliphatic heterocycles. The van der Waals surface area contributed by atoms with Gasteiger partial charge in [0.05, 0.1) is 5.71 Å². The van der Waals surface area contributed by atoms with E-state index in [2.05, 4.69) is 22.3 Å². The molecular weight excluding hydrogens is 200 g/mol. The molecule has 1 heterocycles. The molecule has 2 fully saturated rings. The molecule has 0 radical (unpaired) electrons. The molecule has 3 heteroatoms. The van der Waals surface area contributed by atoms with Gasteiger partial charge in [-0.25, -0.2) is 0 Å². The predicted molar refractivity (Wildman–Crippen MR) is 62.5 cm³/mol. The monoisotopic (exact) mass is 216 g/mol. The van der Waals surface area contributed by atoms with E-state index in [4.69, 9.17) is 4.84 Å². The first kappa shape index (κ1) is 9.82. The average Bonchev–Trinajstić information content (AvgIpc) is 3.19. The first-order valence-electron chi connectivity index (χ1n) is 5.96. The third kappa shape index (κ3) is 1.94. The minimum atomic E-state index is 0.591. The Hall–Kier alpha value is -1.38. The molecule has 84 valence electrons. The summed E-state index contributed by atoms with van der Waals surface area (Å²) >= 11 is 0. The van der Waals surface area contributed by atoms with Crippen LogP contribution in [0.25, 0.3) is 0 Å². The molecule has 3 nitrogen and oxygen atoms in total. The van der Waals surface area contributed by atoms with Crippen molar-refractivity contribution < 1.29 is 4.84 Å². The Labute approximate surface area is 95.5 Å². The molecule has 0 spiro atoms. The summed E-state index contributed by atoms with van der Waals surface area (Å²) in [5.74, 6) is 1.31. The summed E-state index contributed by atoms with van der Waals surface area (Å²) < 4.78 is 0. The lowest BCUT2D eigenvalue weighted by Crippen LogP contribution is -2.05. The average molecular weight is 216 g/mol. The van der Waals surface area contributed by atoms with E-state index < -0.39 is 0 Å². The van der Waals surface area contributed by atoms with Gasteiger partial charge in [0.25, 0.3) is 0 Å². The van der Waals surface area contributed by atoms with Crippen molar-refractivity contribution in [3.63, 3.8) is 0 Å². The fraction of sp³-hybridized carbons (Fsp3) is 0.538. The van der Waals surface area contributed by atoms with Gasteiger partial charge in [-0.1, -0.05) is 5.16 Å². The minimum Gasteiger partial charge on any atom is -0.399 e. The molecule has 16 heavy (non-hydrogen) atoms. The highest BCUT2D eigenvalue weighted by Gasteiger charge is 2.30. The van der Waals surface area contributed by atoms with Gasteiger partial charge in [0.15, 0.2) is 0 Å². The highest BCUT2D eigenvalue weighted by atomic mass is 16.6. The van der Waals surface area contributed by atoms with Crippen molar-refractivity contribution in [2.24, 2.45) is 11.1 Å². The first-order chi connectivity index (χ1) is 7.88. The highest BCUT2D eigenvalue weighted by Crippen LogP contribution is 2.39. The standard InChI is InChI=1S/C13H16N2O/c1-16-15-13(10-4-5-10)11-6-7-12(14-8-11)9-2-3-9/h6-10H,2-5H2,1H3/b15-13+. The molecule has 0 atom stereocenters. The van der Waals surface area contributed by atoms with Crippen LogP contribution in [0.1, 0.15) is 42.9 Å². The lowest BCUT2D eigenvalue weighted by molar-refractivity contribution is 0.212. The molecule has 2 saturated carbocycles. The second-order valence-electron chi connectivity index (χ2n) is 4.68. The van der Waals surface area contributed by atoms with Gasteiger partial charge in [-0.05, 0) is 37.8 Å². The molecule has 1 aromatic rings. The van der Waals surface area contributed by atoms with Crippen LogP contribution in [0.2, 0.25) is 0 Å². The van der Waals surface area contributed by atoms with Crippen molar-refractivity contribution in [2.45, 2.75) is 31.6 Å². The molecule has 2 aliphatic rings. The molecular formula is C13H16N2O. The number of pyridine rings is 1. The molecule has 0 N–H and O–H groups in total. The van der Waals surface area contributed by atoms with Crippen molar-refractivity contribution in [3.05, 3.63) is 29.6 Å². The van der Waals surface area contributed by atoms with Crippen molar-refractivity contribution in [1.82, 2.24) is 4.98 Å². The second kappa shape index (κ2) is 3.89. The summed E-state index contributed by atoms with van der Waals surface area (Å²) in [7, 11) is 1.61. The zero-order valence-electron chi connectivity index (χ0n) is 9.52. The van der Waals surface area contributed by atoms with Crippen LogP contribution >= 0.6 is 0 Å². The molecule has 0 aromatic carbocycles. The fourth-order valence-corrected chi connectivity index (χ4v) is 2.00. The largest absolute Gasteiger partial charge is 0.399 e. The second-order valence-corrected chi connectivity index (χ2v) is 4.68. The quantitative estimate of drug-likeness (QED) is 0.573. The minimum absolute atomic E-state index is 0.591. The van der Waals surface area contributed by atoms with E-state index in [0.29, 0.717) is 5.92 Å². The smallest absolute Gasteiger partial charge is 0.106 e. The van der Waals surface area contributed by atoms with Gasteiger partial charge in [-0.15, -0.1) is 0 Å². The lowest BCUT2D eigenvalue weighted by atomic mass is 10.1. The molecule has 2 aliphatic carbocycles. The Morgan fingerprint density at radius 1 is 1.31 bits per heavy atom. The molecule has 0 amide bonds. The Bertz CT molecular complexity index is 402. The summed E-state index contributed by atoms with van der Waals surface area (Å²) in [6.45, 7) is 0.